The van der Waals surface area contributed by atoms with Crippen molar-refractivity contribution in [3.8, 4) is 0 Å². The SMILES string of the molecule is C[C@@H](O[C@H]1OC[C@@H]2CN(C3=CC(=O)CC3)C[C@H]2[C@@H]1C1(C)C=CC=CC1)c1cc(C(F)(F)F)cc(C(F)(F)F)c1. The molecule has 4 nitrogen and oxygen atoms in total. The zero-order valence-electron chi connectivity index (χ0n) is 21.7. The summed E-state index contributed by atoms with van der Waals surface area (Å²) in [4.78, 5) is 14.1. The van der Waals surface area contributed by atoms with Gasteiger partial charge < -0.3 is 14.4 Å². The van der Waals surface area contributed by atoms with E-state index in [4.69, 9.17) is 9.47 Å². The zero-order chi connectivity index (χ0) is 28.2. The number of nitrogens with zero attached hydrogens (tertiary/aromatic N) is 1. The van der Waals surface area contributed by atoms with Gasteiger partial charge in [0.15, 0.2) is 12.1 Å². The molecule has 212 valence electrons. The molecule has 39 heavy (non-hydrogen) atoms. The van der Waals surface area contributed by atoms with Crippen LogP contribution in [0.15, 0.2) is 54.3 Å². The third-order valence-corrected chi connectivity index (χ3v) is 8.54. The molecule has 5 rings (SSSR count). The Kier molecular flexibility index (Phi) is 7.24. The molecule has 0 aromatic heterocycles. The topological polar surface area (TPSA) is 38.8 Å². The lowest BCUT2D eigenvalue weighted by Crippen LogP contribution is -2.50. The van der Waals surface area contributed by atoms with Crippen LogP contribution in [0.4, 0.5) is 26.3 Å². The van der Waals surface area contributed by atoms with E-state index in [-0.39, 0.29) is 35.2 Å². The highest BCUT2D eigenvalue weighted by Crippen LogP contribution is 2.51. The third kappa shape index (κ3) is 5.68. The summed E-state index contributed by atoms with van der Waals surface area (Å²) in [5.41, 5.74) is -2.35. The minimum absolute atomic E-state index is 0.0981. The highest BCUT2D eigenvalue weighted by atomic mass is 19.4. The van der Waals surface area contributed by atoms with E-state index in [0.717, 1.165) is 12.2 Å². The highest BCUT2D eigenvalue weighted by molar-refractivity contribution is 5.92. The van der Waals surface area contributed by atoms with Crippen LogP contribution in [-0.2, 0) is 26.6 Å². The summed E-state index contributed by atoms with van der Waals surface area (Å²) < 4.78 is 93.3. The molecule has 2 saturated heterocycles. The molecule has 4 aliphatic rings. The summed E-state index contributed by atoms with van der Waals surface area (Å²) in [6.07, 6.45) is -0.231. The fraction of sp³-hybridized carbons (Fsp3) is 0.552. The number of alkyl halides is 6. The molecule has 2 fully saturated rings. The molecule has 2 heterocycles. The summed E-state index contributed by atoms with van der Waals surface area (Å²) >= 11 is 0. The normalized spacial score (nSPS) is 31.9. The number of carbonyl (C=O) groups excluding carboxylic acids is 1. The average molecular weight is 556 g/mol. The second-order valence-corrected chi connectivity index (χ2v) is 11.3. The Morgan fingerprint density at radius 3 is 2.28 bits per heavy atom. The monoisotopic (exact) mass is 555 g/mol. The molecule has 1 aromatic rings. The molecule has 1 unspecified atom stereocenters. The van der Waals surface area contributed by atoms with Gasteiger partial charge in [-0.15, -0.1) is 0 Å². The first-order chi connectivity index (χ1) is 18.2. The van der Waals surface area contributed by atoms with Gasteiger partial charge in [-0.3, -0.25) is 4.79 Å². The van der Waals surface area contributed by atoms with Crippen molar-refractivity contribution >= 4 is 5.78 Å². The number of halogens is 6. The zero-order valence-corrected chi connectivity index (χ0v) is 21.7. The molecule has 0 amide bonds. The van der Waals surface area contributed by atoms with E-state index >= 15 is 0 Å². The average Bonchev–Trinajstić information content (AvgIpc) is 3.49. The lowest BCUT2D eigenvalue weighted by Gasteiger charge is -2.48. The van der Waals surface area contributed by atoms with Crippen LogP contribution in [0, 0.1) is 23.2 Å². The maximum absolute atomic E-state index is 13.5. The predicted molar refractivity (Wildman–Crippen MR) is 131 cm³/mol. The molecule has 1 aromatic carbocycles. The number of allylic oxidation sites excluding steroid dienone is 6. The number of carbonyl (C=O) groups is 1. The lowest BCUT2D eigenvalue weighted by atomic mass is 9.63. The van der Waals surface area contributed by atoms with E-state index in [1.165, 1.54) is 6.92 Å². The summed E-state index contributed by atoms with van der Waals surface area (Å²) in [5.74, 6) is 0.147. The van der Waals surface area contributed by atoms with Gasteiger partial charge in [-0.25, -0.2) is 0 Å². The standard InChI is InChI=1S/C29H31F6NO3/c1-17(18-10-20(28(30,31)32)12-21(11-18)29(33,34)35)39-26-25(27(2)8-4-3-5-9-27)24-15-36(14-19(24)16-38-26)22-6-7-23(37)13-22/h3-5,8,10-13,17,19,24-26H,6-7,9,14-16H2,1-2H3/t17-,19+,24-,25+,26-,27?/m1/s1. The number of fused-ring (bicyclic) bond motifs is 1. The van der Waals surface area contributed by atoms with Crippen LogP contribution in [0.1, 0.15) is 55.9 Å². The highest BCUT2D eigenvalue weighted by Gasteiger charge is 2.53. The van der Waals surface area contributed by atoms with Crippen LogP contribution in [0.3, 0.4) is 0 Å². The van der Waals surface area contributed by atoms with Crippen molar-refractivity contribution in [3.05, 3.63) is 71.0 Å². The Balaban J connectivity index is 1.44. The summed E-state index contributed by atoms with van der Waals surface area (Å²) in [6, 6.07) is 1.55. The van der Waals surface area contributed by atoms with E-state index in [2.05, 4.69) is 17.9 Å². The van der Waals surface area contributed by atoms with Crippen LogP contribution in [0.5, 0.6) is 0 Å². The Morgan fingerprint density at radius 2 is 1.72 bits per heavy atom. The molecule has 2 aliphatic carbocycles. The van der Waals surface area contributed by atoms with E-state index in [9.17, 15) is 31.1 Å². The maximum atomic E-state index is 13.5. The first kappa shape index (κ1) is 28.0. The second-order valence-electron chi connectivity index (χ2n) is 11.3. The van der Waals surface area contributed by atoms with E-state index in [1.54, 1.807) is 6.08 Å². The van der Waals surface area contributed by atoms with Crippen LogP contribution in [-0.4, -0.2) is 36.7 Å². The molecular weight excluding hydrogens is 524 g/mol. The van der Waals surface area contributed by atoms with Gasteiger partial charge in [0.25, 0.3) is 0 Å². The number of hydrogen-bond donors (Lipinski definition) is 0. The third-order valence-electron chi connectivity index (χ3n) is 8.54. The van der Waals surface area contributed by atoms with Crippen molar-refractivity contribution in [2.45, 2.75) is 57.9 Å². The number of hydrogen-bond acceptors (Lipinski definition) is 4. The fourth-order valence-electron chi connectivity index (χ4n) is 6.48. The molecule has 0 bridgehead atoms. The van der Waals surface area contributed by atoms with Gasteiger partial charge in [0, 0.05) is 43.1 Å². The maximum Gasteiger partial charge on any atom is 0.416 e. The molecule has 2 aliphatic heterocycles. The largest absolute Gasteiger partial charge is 0.416 e. The van der Waals surface area contributed by atoms with Gasteiger partial charge in [0.2, 0.25) is 0 Å². The van der Waals surface area contributed by atoms with Crippen molar-refractivity contribution in [1.29, 1.82) is 0 Å². The van der Waals surface area contributed by atoms with Crippen molar-refractivity contribution in [1.82, 2.24) is 4.90 Å². The van der Waals surface area contributed by atoms with Crippen LogP contribution < -0.4 is 0 Å². The van der Waals surface area contributed by atoms with Crippen LogP contribution in [0.2, 0.25) is 0 Å². The Hall–Kier alpha value is -2.59. The molecule has 0 spiro atoms. The van der Waals surface area contributed by atoms with Crippen molar-refractivity contribution in [2.24, 2.45) is 23.2 Å². The van der Waals surface area contributed by atoms with Gasteiger partial charge >= 0.3 is 12.4 Å². The van der Waals surface area contributed by atoms with Crippen LogP contribution >= 0.6 is 0 Å². The van der Waals surface area contributed by atoms with Gasteiger partial charge in [0.1, 0.15) is 0 Å². The number of likely N-dealkylation sites (tertiary alicyclic amines) is 1. The van der Waals surface area contributed by atoms with Crippen molar-refractivity contribution in [3.63, 3.8) is 0 Å². The first-order valence-corrected chi connectivity index (χ1v) is 13.1. The summed E-state index contributed by atoms with van der Waals surface area (Å²) in [7, 11) is 0. The number of ketones is 1. The Bertz CT molecular complexity index is 1170. The molecule has 6 atom stereocenters. The van der Waals surface area contributed by atoms with E-state index in [1.807, 2.05) is 18.2 Å². The van der Waals surface area contributed by atoms with Gasteiger partial charge in [0.05, 0.1) is 23.8 Å². The van der Waals surface area contributed by atoms with Crippen molar-refractivity contribution < 1.29 is 40.6 Å². The minimum atomic E-state index is -4.94. The summed E-state index contributed by atoms with van der Waals surface area (Å²) in [5, 5.41) is 0. The van der Waals surface area contributed by atoms with Gasteiger partial charge in [-0.2, -0.15) is 26.3 Å². The number of ether oxygens (including phenoxy) is 2. The molecule has 0 saturated carbocycles. The van der Waals surface area contributed by atoms with Crippen LogP contribution in [0.25, 0.3) is 0 Å². The number of benzene rings is 1. The smallest absolute Gasteiger partial charge is 0.374 e. The van der Waals surface area contributed by atoms with Crippen molar-refractivity contribution in [2.75, 3.05) is 19.7 Å². The lowest BCUT2D eigenvalue weighted by molar-refractivity contribution is -0.253. The Morgan fingerprint density at radius 1 is 1.03 bits per heavy atom. The van der Waals surface area contributed by atoms with E-state index < -0.39 is 41.3 Å². The molecule has 0 radical (unpaired) electrons. The number of rotatable bonds is 5. The fourth-order valence-corrected chi connectivity index (χ4v) is 6.48. The molecular formula is C29H31F6NO3. The summed E-state index contributed by atoms with van der Waals surface area (Å²) in [6.45, 7) is 5.29. The van der Waals surface area contributed by atoms with E-state index in [0.29, 0.717) is 44.5 Å². The minimum Gasteiger partial charge on any atom is -0.374 e. The first-order valence-electron chi connectivity index (χ1n) is 13.1. The molecule has 10 heteroatoms. The predicted octanol–water partition coefficient (Wildman–Crippen LogP) is 7.09. The van der Waals surface area contributed by atoms with Gasteiger partial charge in [-0.05, 0) is 54.9 Å². The Labute approximate surface area is 223 Å². The molecule has 0 N–H and O–H groups in total. The van der Waals surface area contributed by atoms with Gasteiger partial charge in [-0.1, -0.05) is 31.2 Å². The quantitative estimate of drug-likeness (QED) is 0.364. The second kappa shape index (κ2) is 10.1.